The van der Waals surface area contributed by atoms with Gasteiger partial charge in [0.1, 0.15) is 0 Å². The fourth-order valence-electron chi connectivity index (χ4n) is 2.43. The predicted octanol–water partition coefficient (Wildman–Crippen LogP) is 6.77. The third-order valence-corrected chi connectivity index (χ3v) is 4.45. The van der Waals surface area contributed by atoms with Crippen molar-refractivity contribution in [1.29, 1.82) is 0 Å². The van der Waals surface area contributed by atoms with E-state index in [9.17, 15) is 0 Å². The van der Waals surface area contributed by atoms with Gasteiger partial charge in [0.2, 0.25) is 0 Å². The minimum atomic E-state index is 0.576. The van der Waals surface area contributed by atoms with Gasteiger partial charge in [0.25, 0.3) is 0 Å². The van der Waals surface area contributed by atoms with Crippen LogP contribution in [0.15, 0.2) is 84.3 Å². The first-order valence-electron chi connectivity index (χ1n) is 9.02. The Kier molecular flexibility index (Phi) is 7.56. The van der Waals surface area contributed by atoms with Crippen LogP contribution in [0.25, 0.3) is 5.70 Å². The molecule has 0 atom stereocenters. The normalized spacial score (nSPS) is 10.1. The van der Waals surface area contributed by atoms with E-state index in [-0.39, 0.29) is 0 Å². The van der Waals surface area contributed by atoms with Crippen molar-refractivity contribution >= 4 is 29.7 Å². The van der Waals surface area contributed by atoms with Crippen LogP contribution in [0.2, 0.25) is 0 Å². The van der Waals surface area contributed by atoms with Gasteiger partial charge in [-0.2, -0.15) is 0 Å². The molecule has 0 spiro atoms. The minimum Gasteiger partial charge on any atom is -0.399 e. The zero-order valence-corrected chi connectivity index (χ0v) is 17.1. The number of benzene rings is 3. The highest BCUT2D eigenvalue weighted by Gasteiger charge is 1.99. The molecular weight excluding hydrogens is 348 g/mol. The van der Waals surface area contributed by atoms with E-state index in [0.717, 1.165) is 21.8 Å². The minimum absolute atomic E-state index is 0.576. The molecule has 3 rings (SSSR count). The standard InChI is InChI=1S/C15H17NS.C9H11N/c1-11(2)12-3-5-13(6-4-12)16-14-7-9-15(17)10-8-14;1-7-3-5-9(6-4-7)8(2)10/h3-11,16-17H,1-2H3;3-6H,2,10H2,1H3. The Labute approximate surface area is 168 Å². The molecule has 3 aromatic carbocycles. The molecule has 0 fully saturated rings. The summed E-state index contributed by atoms with van der Waals surface area (Å²) in [5.74, 6) is 0.576. The van der Waals surface area contributed by atoms with Crippen LogP contribution in [0.1, 0.15) is 36.5 Å². The summed E-state index contributed by atoms with van der Waals surface area (Å²) in [5, 5.41) is 3.36. The summed E-state index contributed by atoms with van der Waals surface area (Å²) in [6.45, 7) is 10.1. The summed E-state index contributed by atoms with van der Waals surface area (Å²) in [6, 6.07) is 24.6. The molecule has 0 heterocycles. The molecule has 0 saturated carbocycles. The predicted molar refractivity (Wildman–Crippen MR) is 122 cm³/mol. The Morgan fingerprint density at radius 1 is 0.852 bits per heavy atom. The lowest BCUT2D eigenvalue weighted by atomic mass is 10.0. The van der Waals surface area contributed by atoms with E-state index < -0.39 is 0 Å². The van der Waals surface area contributed by atoms with Gasteiger partial charge in [-0.05, 0) is 60.4 Å². The highest BCUT2D eigenvalue weighted by Crippen LogP contribution is 2.21. The SMILES string of the molecule is C=C(N)c1ccc(C)cc1.CC(C)c1ccc(Nc2ccc(S)cc2)cc1. The summed E-state index contributed by atoms with van der Waals surface area (Å²) in [7, 11) is 0. The Hall–Kier alpha value is -2.65. The van der Waals surface area contributed by atoms with Crippen LogP contribution in [0.4, 0.5) is 11.4 Å². The van der Waals surface area contributed by atoms with Crippen LogP contribution in [0.5, 0.6) is 0 Å². The molecular formula is C24H28N2S. The molecule has 0 unspecified atom stereocenters. The van der Waals surface area contributed by atoms with Crippen LogP contribution >= 0.6 is 12.6 Å². The van der Waals surface area contributed by atoms with Crippen molar-refractivity contribution in [1.82, 2.24) is 0 Å². The highest BCUT2D eigenvalue weighted by molar-refractivity contribution is 7.80. The van der Waals surface area contributed by atoms with Crippen LogP contribution < -0.4 is 11.1 Å². The van der Waals surface area contributed by atoms with Crippen LogP contribution in [0, 0.1) is 6.92 Å². The maximum atomic E-state index is 5.47. The van der Waals surface area contributed by atoms with Crippen molar-refractivity contribution in [2.75, 3.05) is 5.32 Å². The average Bonchev–Trinajstić information content (AvgIpc) is 2.65. The second kappa shape index (κ2) is 9.89. The highest BCUT2D eigenvalue weighted by atomic mass is 32.1. The number of nitrogens with two attached hydrogens (primary N) is 1. The van der Waals surface area contributed by atoms with E-state index in [0.29, 0.717) is 11.6 Å². The fraction of sp³-hybridized carbons (Fsp3) is 0.167. The first-order valence-corrected chi connectivity index (χ1v) is 9.47. The Morgan fingerprint density at radius 3 is 1.78 bits per heavy atom. The van der Waals surface area contributed by atoms with Gasteiger partial charge in [0.15, 0.2) is 0 Å². The third-order valence-electron chi connectivity index (χ3n) is 4.16. The van der Waals surface area contributed by atoms with E-state index >= 15 is 0 Å². The lowest BCUT2D eigenvalue weighted by Crippen LogP contribution is -1.92. The van der Waals surface area contributed by atoms with Crippen LogP contribution in [0.3, 0.4) is 0 Å². The van der Waals surface area contributed by atoms with Crippen molar-refractivity contribution in [3.63, 3.8) is 0 Å². The van der Waals surface area contributed by atoms with Gasteiger partial charge in [-0.1, -0.05) is 62.4 Å². The zero-order chi connectivity index (χ0) is 19.8. The number of rotatable bonds is 4. The number of hydrogen-bond acceptors (Lipinski definition) is 3. The number of aryl methyl sites for hydroxylation is 1. The second-order valence-electron chi connectivity index (χ2n) is 6.84. The fourth-order valence-corrected chi connectivity index (χ4v) is 2.58. The monoisotopic (exact) mass is 376 g/mol. The Balaban J connectivity index is 0.000000223. The molecule has 0 bridgehead atoms. The van der Waals surface area contributed by atoms with Gasteiger partial charge in [0, 0.05) is 22.0 Å². The van der Waals surface area contributed by atoms with E-state index in [1.54, 1.807) is 0 Å². The molecule has 0 aliphatic heterocycles. The van der Waals surface area contributed by atoms with E-state index in [4.69, 9.17) is 5.73 Å². The van der Waals surface area contributed by atoms with Gasteiger partial charge in [-0.15, -0.1) is 12.6 Å². The van der Waals surface area contributed by atoms with Crippen molar-refractivity contribution in [2.45, 2.75) is 31.6 Å². The molecule has 3 N–H and O–H groups in total. The van der Waals surface area contributed by atoms with Gasteiger partial charge >= 0.3 is 0 Å². The van der Waals surface area contributed by atoms with Crippen molar-refractivity contribution in [2.24, 2.45) is 5.73 Å². The third kappa shape index (κ3) is 6.87. The molecule has 3 aromatic rings. The molecule has 3 heteroatoms. The lowest BCUT2D eigenvalue weighted by molar-refractivity contribution is 0.867. The first-order chi connectivity index (χ1) is 12.8. The van der Waals surface area contributed by atoms with Gasteiger partial charge in [0.05, 0.1) is 0 Å². The summed E-state index contributed by atoms with van der Waals surface area (Å²) in [5.41, 5.74) is 11.9. The Bertz CT molecular complexity index is 848. The van der Waals surface area contributed by atoms with Gasteiger partial charge in [-0.25, -0.2) is 0 Å². The molecule has 0 radical (unpaired) electrons. The number of thiol groups is 1. The van der Waals surface area contributed by atoms with E-state index in [2.05, 4.69) is 62.6 Å². The quantitative estimate of drug-likeness (QED) is 0.440. The van der Waals surface area contributed by atoms with Gasteiger partial charge < -0.3 is 11.1 Å². The van der Waals surface area contributed by atoms with Crippen LogP contribution in [-0.4, -0.2) is 0 Å². The molecule has 0 aromatic heterocycles. The average molecular weight is 377 g/mol. The lowest BCUT2D eigenvalue weighted by Gasteiger charge is -2.09. The smallest absolute Gasteiger partial charge is 0.0384 e. The maximum absolute atomic E-state index is 5.47. The summed E-state index contributed by atoms with van der Waals surface area (Å²) < 4.78 is 0. The number of hydrogen-bond donors (Lipinski definition) is 3. The van der Waals surface area contributed by atoms with Crippen molar-refractivity contribution < 1.29 is 0 Å². The van der Waals surface area contributed by atoms with Crippen LogP contribution in [-0.2, 0) is 0 Å². The molecule has 2 nitrogen and oxygen atoms in total. The molecule has 0 aliphatic rings. The summed E-state index contributed by atoms with van der Waals surface area (Å²) >= 11 is 4.27. The molecule has 0 amide bonds. The first kappa shape index (κ1) is 20.7. The molecule has 0 aliphatic carbocycles. The maximum Gasteiger partial charge on any atom is 0.0384 e. The van der Waals surface area contributed by atoms with Crippen molar-refractivity contribution in [3.8, 4) is 0 Å². The van der Waals surface area contributed by atoms with E-state index in [1.165, 1.54) is 11.1 Å². The van der Waals surface area contributed by atoms with E-state index in [1.807, 2.05) is 55.5 Å². The number of anilines is 2. The Morgan fingerprint density at radius 2 is 1.33 bits per heavy atom. The molecule has 0 saturated heterocycles. The zero-order valence-electron chi connectivity index (χ0n) is 16.2. The molecule has 140 valence electrons. The van der Waals surface area contributed by atoms with Crippen molar-refractivity contribution in [3.05, 3.63) is 96.1 Å². The van der Waals surface area contributed by atoms with Gasteiger partial charge in [-0.3, -0.25) is 0 Å². The number of nitrogens with one attached hydrogen (secondary N) is 1. The molecule has 27 heavy (non-hydrogen) atoms. The summed E-state index contributed by atoms with van der Waals surface area (Å²) in [4.78, 5) is 0.978. The largest absolute Gasteiger partial charge is 0.399 e. The topological polar surface area (TPSA) is 38.0 Å². The second-order valence-corrected chi connectivity index (χ2v) is 7.36. The summed E-state index contributed by atoms with van der Waals surface area (Å²) in [6.07, 6.45) is 0.